The summed E-state index contributed by atoms with van der Waals surface area (Å²) < 4.78 is 0. The van der Waals surface area contributed by atoms with Crippen LogP contribution in [-0.4, -0.2) is 25.6 Å². The second kappa shape index (κ2) is 7.67. The minimum absolute atomic E-state index is 0.589. The maximum atomic E-state index is 5.81. The average molecular weight is 260 g/mol. The molecule has 0 spiro atoms. The molecule has 1 fully saturated rings. The van der Waals surface area contributed by atoms with Crippen molar-refractivity contribution in [3.05, 3.63) is 30.3 Å². The third-order valence-corrected chi connectivity index (χ3v) is 3.51. The highest BCUT2D eigenvalue weighted by Gasteiger charge is 2.16. The fourth-order valence-corrected chi connectivity index (χ4v) is 2.05. The van der Waals surface area contributed by atoms with E-state index in [0.717, 1.165) is 37.7 Å². The Labute approximate surface area is 115 Å². The summed E-state index contributed by atoms with van der Waals surface area (Å²) in [4.78, 5) is 4.36. The van der Waals surface area contributed by atoms with Crippen LogP contribution in [0.2, 0.25) is 0 Å². The van der Waals surface area contributed by atoms with Gasteiger partial charge in [-0.3, -0.25) is 4.99 Å². The first-order valence-electron chi connectivity index (χ1n) is 7.17. The number of nitrogens with two attached hydrogens (primary N) is 1. The number of rotatable bonds is 7. The smallest absolute Gasteiger partial charge is 0.188 e. The Morgan fingerprint density at radius 3 is 2.68 bits per heavy atom. The van der Waals surface area contributed by atoms with Gasteiger partial charge in [-0.1, -0.05) is 24.6 Å². The van der Waals surface area contributed by atoms with Crippen LogP contribution < -0.4 is 16.4 Å². The second-order valence-corrected chi connectivity index (χ2v) is 5.10. The van der Waals surface area contributed by atoms with Gasteiger partial charge in [0.05, 0.1) is 0 Å². The largest absolute Gasteiger partial charge is 0.385 e. The van der Waals surface area contributed by atoms with Crippen molar-refractivity contribution in [3.8, 4) is 0 Å². The molecule has 1 aliphatic carbocycles. The summed E-state index contributed by atoms with van der Waals surface area (Å²) in [5.74, 6) is 1.37. The number of nitrogens with one attached hydrogen (secondary N) is 2. The standard InChI is InChI=1S/C15H24N4/c16-15(19-12-13-6-4-7-13)18-11-5-10-17-14-8-2-1-3-9-14/h1-3,8-9,13,17H,4-7,10-12H2,(H3,16,18,19). The van der Waals surface area contributed by atoms with Crippen LogP contribution >= 0.6 is 0 Å². The summed E-state index contributed by atoms with van der Waals surface area (Å²) in [6.45, 7) is 2.69. The fraction of sp³-hybridized carbons (Fsp3) is 0.533. The van der Waals surface area contributed by atoms with E-state index in [9.17, 15) is 0 Å². The number of para-hydroxylation sites is 1. The molecule has 19 heavy (non-hydrogen) atoms. The van der Waals surface area contributed by atoms with Crippen LogP contribution in [0.5, 0.6) is 0 Å². The summed E-state index contributed by atoms with van der Waals surface area (Å²) in [6.07, 6.45) is 5.02. The Morgan fingerprint density at radius 2 is 2.00 bits per heavy atom. The van der Waals surface area contributed by atoms with Crippen LogP contribution in [-0.2, 0) is 0 Å². The molecule has 1 aromatic rings. The molecular formula is C15H24N4. The molecule has 0 radical (unpaired) electrons. The Hall–Kier alpha value is -1.71. The van der Waals surface area contributed by atoms with E-state index in [4.69, 9.17) is 5.73 Å². The highest BCUT2D eigenvalue weighted by molar-refractivity contribution is 5.77. The Morgan fingerprint density at radius 1 is 1.21 bits per heavy atom. The zero-order valence-electron chi connectivity index (χ0n) is 11.4. The van der Waals surface area contributed by atoms with Gasteiger partial charge in [0.1, 0.15) is 0 Å². The molecule has 0 saturated heterocycles. The lowest BCUT2D eigenvalue weighted by Gasteiger charge is -2.23. The molecule has 4 heteroatoms. The van der Waals surface area contributed by atoms with Crippen molar-refractivity contribution in [2.24, 2.45) is 16.6 Å². The quantitative estimate of drug-likeness (QED) is 0.400. The summed E-state index contributed by atoms with van der Waals surface area (Å²) in [5.41, 5.74) is 6.97. The maximum Gasteiger partial charge on any atom is 0.188 e. The van der Waals surface area contributed by atoms with Crippen molar-refractivity contribution < 1.29 is 0 Å². The van der Waals surface area contributed by atoms with E-state index < -0.39 is 0 Å². The molecule has 4 nitrogen and oxygen atoms in total. The number of nitrogens with zero attached hydrogens (tertiary/aromatic N) is 1. The van der Waals surface area contributed by atoms with Gasteiger partial charge in [0.25, 0.3) is 0 Å². The number of hydrogen-bond donors (Lipinski definition) is 3. The van der Waals surface area contributed by atoms with Gasteiger partial charge in [-0.15, -0.1) is 0 Å². The van der Waals surface area contributed by atoms with Crippen molar-refractivity contribution in [1.82, 2.24) is 5.32 Å². The van der Waals surface area contributed by atoms with Gasteiger partial charge < -0.3 is 16.4 Å². The van der Waals surface area contributed by atoms with E-state index in [2.05, 4.69) is 27.8 Å². The zero-order valence-corrected chi connectivity index (χ0v) is 11.4. The Kier molecular flexibility index (Phi) is 5.53. The molecular weight excluding hydrogens is 236 g/mol. The molecule has 0 aliphatic heterocycles. The lowest BCUT2D eigenvalue weighted by molar-refractivity contribution is 0.326. The van der Waals surface area contributed by atoms with Crippen molar-refractivity contribution >= 4 is 11.6 Å². The number of anilines is 1. The molecule has 2 rings (SSSR count). The summed E-state index contributed by atoms with van der Waals surface area (Å²) in [7, 11) is 0. The number of aliphatic imine (C=N–C) groups is 1. The third-order valence-electron chi connectivity index (χ3n) is 3.51. The van der Waals surface area contributed by atoms with Gasteiger partial charge in [0, 0.05) is 25.3 Å². The van der Waals surface area contributed by atoms with Crippen LogP contribution in [0.1, 0.15) is 25.7 Å². The van der Waals surface area contributed by atoms with Gasteiger partial charge in [0.2, 0.25) is 0 Å². The van der Waals surface area contributed by atoms with Crippen LogP contribution in [0.25, 0.3) is 0 Å². The molecule has 0 amide bonds. The minimum Gasteiger partial charge on any atom is -0.385 e. The highest BCUT2D eigenvalue weighted by atomic mass is 15.1. The van der Waals surface area contributed by atoms with E-state index in [-0.39, 0.29) is 0 Å². The fourth-order valence-electron chi connectivity index (χ4n) is 2.05. The molecule has 1 aromatic carbocycles. The van der Waals surface area contributed by atoms with Gasteiger partial charge in [-0.25, -0.2) is 0 Å². The molecule has 0 unspecified atom stereocenters. The van der Waals surface area contributed by atoms with Crippen LogP contribution in [0.3, 0.4) is 0 Å². The zero-order chi connectivity index (χ0) is 13.3. The normalized spacial score (nSPS) is 15.9. The SMILES string of the molecule is NC(=NCC1CCC1)NCCCNc1ccccc1. The molecule has 0 atom stereocenters. The van der Waals surface area contributed by atoms with Crippen molar-refractivity contribution in [1.29, 1.82) is 0 Å². The molecule has 104 valence electrons. The van der Waals surface area contributed by atoms with Gasteiger partial charge in [0.15, 0.2) is 5.96 Å². The van der Waals surface area contributed by atoms with E-state index in [1.165, 1.54) is 19.3 Å². The first-order valence-corrected chi connectivity index (χ1v) is 7.17. The van der Waals surface area contributed by atoms with Crippen molar-refractivity contribution in [2.75, 3.05) is 25.0 Å². The second-order valence-electron chi connectivity index (χ2n) is 5.10. The first-order chi connectivity index (χ1) is 9.34. The third kappa shape index (κ3) is 5.20. The molecule has 0 aromatic heterocycles. The van der Waals surface area contributed by atoms with Crippen molar-refractivity contribution in [2.45, 2.75) is 25.7 Å². The van der Waals surface area contributed by atoms with Gasteiger partial charge in [-0.2, -0.15) is 0 Å². The topological polar surface area (TPSA) is 62.4 Å². The summed E-state index contributed by atoms with van der Waals surface area (Å²) >= 11 is 0. The lowest BCUT2D eigenvalue weighted by Crippen LogP contribution is -2.34. The van der Waals surface area contributed by atoms with Crippen LogP contribution in [0.15, 0.2) is 35.3 Å². The molecule has 1 saturated carbocycles. The Balaban J connectivity index is 1.51. The predicted octanol–water partition coefficient (Wildman–Crippen LogP) is 2.19. The molecule has 1 aliphatic rings. The Bertz CT molecular complexity index is 384. The summed E-state index contributed by atoms with van der Waals surface area (Å²) in [6, 6.07) is 10.2. The molecule has 0 bridgehead atoms. The first kappa shape index (κ1) is 13.7. The number of benzene rings is 1. The average Bonchev–Trinajstić information content (AvgIpc) is 2.38. The highest BCUT2D eigenvalue weighted by Crippen LogP contribution is 2.26. The number of guanidine groups is 1. The van der Waals surface area contributed by atoms with E-state index in [1.807, 2.05) is 18.2 Å². The van der Waals surface area contributed by atoms with E-state index in [0.29, 0.717) is 5.96 Å². The molecule has 0 heterocycles. The van der Waals surface area contributed by atoms with Crippen molar-refractivity contribution in [3.63, 3.8) is 0 Å². The number of hydrogen-bond acceptors (Lipinski definition) is 2. The van der Waals surface area contributed by atoms with Gasteiger partial charge in [-0.05, 0) is 37.3 Å². The minimum atomic E-state index is 0.589. The van der Waals surface area contributed by atoms with Crippen LogP contribution in [0, 0.1) is 5.92 Å². The maximum absolute atomic E-state index is 5.81. The predicted molar refractivity (Wildman–Crippen MR) is 81.4 cm³/mol. The summed E-state index contributed by atoms with van der Waals surface area (Å²) in [5, 5.41) is 6.53. The van der Waals surface area contributed by atoms with Crippen LogP contribution in [0.4, 0.5) is 5.69 Å². The molecule has 4 N–H and O–H groups in total. The van der Waals surface area contributed by atoms with E-state index >= 15 is 0 Å². The lowest BCUT2D eigenvalue weighted by atomic mass is 9.86. The van der Waals surface area contributed by atoms with Gasteiger partial charge >= 0.3 is 0 Å². The van der Waals surface area contributed by atoms with E-state index in [1.54, 1.807) is 0 Å². The monoisotopic (exact) mass is 260 g/mol.